The lowest BCUT2D eigenvalue weighted by molar-refractivity contribution is -0.120. The number of methoxy groups -OCH3 is 1. The molecular weight excluding hydrogens is 311 g/mol. The van der Waals surface area contributed by atoms with Gasteiger partial charge in [-0.15, -0.1) is 0 Å². The van der Waals surface area contributed by atoms with E-state index in [1.54, 1.807) is 43.3 Å². The number of carbonyl (C=O) groups is 2. The molecule has 0 aliphatic rings. The van der Waals surface area contributed by atoms with Gasteiger partial charge in [0.1, 0.15) is 0 Å². The van der Waals surface area contributed by atoms with Crippen molar-refractivity contribution >= 4 is 11.8 Å². The number of halogens is 1. The molecule has 0 bridgehead atoms. The molecule has 5 nitrogen and oxygen atoms in total. The van der Waals surface area contributed by atoms with Crippen molar-refractivity contribution in [2.75, 3.05) is 13.7 Å². The Hall–Kier alpha value is -2.89. The molecule has 2 rings (SSSR count). The summed E-state index contributed by atoms with van der Waals surface area (Å²) >= 11 is 0. The van der Waals surface area contributed by atoms with Gasteiger partial charge in [-0.3, -0.25) is 9.59 Å². The van der Waals surface area contributed by atoms with Gasteiger partial charge in [-0.05, 0) is 36.8 Å². The maximum Gasteiger partial charge on any atom is 0.251 e. The van der Waals surface area contributed by atoms with Gasteiger partial charge >= 0.3 is 0 Å². The van der Waals surface area contributed by atoms with Crippen LogP contribution in [0, 0.1) is 5.82 Å². The zero-order valence-corrected chi connectivity index (χ0v) is 13.5. The fourth-order valence-electron chi connectivity index (χ4n) is 2.18. The molecule has 2 N–H and O–H groups in total. The lowest BCUT2D eigenvalue weighted by Crippen LogP contribution is -2.38. The minimum atomic E-state index is -0.492. The van der Waals surface area contributed by atoms with Crippen molar-refractivity contribution in [3.8, 4) is 5.75 Å². The van der Waals surface area contributed by atoms with Gasteiger partial charge in [0.15, 0.2) is 11.6 Å². The van der Waals surface area contributed by atoms with E-state index in [0.29, 0.717) is 11.1 Å². The molecule has 6 heteroatoms. The van der Waals surface area contributed by atoms with Crippen LogP contribution < -0.4 is 15.4 Å². The first-order valence-corrected chi connectivity index (χ1v) is 7.47. The minimum absolute atomic E-state index is 0.146. The summed E-state index contributed by atoms with van der Waals surface area (Å²) in [6, 6.07) is 12.7. The van der Waals surface area contributed by atoms with Crippen molar-refractivity contribution in [1.29, 1.82) is 0 Å². The van der Waals surface area contributed by atoms with E-state index in [0.717, 1.165) is 0 Å². The summed E-state index contributed by atoms with van der Waals surface area (Å²) in [5.74, 6) is -1.03. The molecular formula is C18H19FN2O3. The molecule has 2 amide bonds. The molecule has 0 unspecified atom stereocenters. The Balaban J connectivity index is 1.87. The monoisotopic (exact) mass is 330 g/mol. The maximum atomic E-state index is 13.7. The highest BCUT2D eigenvalue weighted by atomic mass is 19.1. The minimum Gasteiger partial charge on any atom is -0.494 e. The molecule has 1 atom stereocenters. The van der Waals surface area contributed by atoms with Crippen LogP contribution in [0.5, 0.6) is 5.75 Å². The van der Waals surface area contributed by atoms with Crippen molar-refractivity contribution in [2.45, 2.75) is 13.0 Å². The van der Waals surface area contributed by atoms with Gasteiger partial charge < -0.3 is 15.4 Å². The van der Waals surface area contributed by atoms with Crippen molar-refractivity contribution in [2.24, 2.45) is 0 Å². The molecule has 24 heavy (non-hydrogen) atoms. The summed E-state index contributed by atoms with van der Waals surface area (Å²) in [4.78, 5) is 23.8. The van der Waals surface area contributed by atoms with E-state index in [9.17, 15) is 14.0 Å². The first-order chi connectivity index (χ1) is 11.5. The standard InChI is InChI=1S/C18H19FN2O3/c1-12(14-8-9-16(24-2)15(19)10-14)21-17(22)11-20-18(23)13-6-4-3-5-7-13/h3-10,12H,11H2,1-2H3,(H,20,23)(H,21,22)/t12-/m1/s1. The third-order valence-corrected chi connectivity index (χ3v) is 3.50. The zero-order chi connectivity index (χ0) is 17.5. The summed E-state index contributed by atoms with van der Waals surface area (Å²) in [6.45, 7) is 1.58. The van der Waals surface area contributed by atoms with Crippen LogP contribution in [-0.2, 0) is 4.79 Å². The van der Waals surface area contributed by atoms with Gasteiger partial charge in [0, 0.05) is 5.56 Å². The Morgan fingerprint density at radius 3 is 2.50 bits per heavy atom. The van der Waals surface area contributed by atoms with Gasteiger partial charge in [-0.2, -0.15) is 0 Å². The van der Waals surface area contributed by atoms with Crippen LogP contribution in [0.2, 0.25) is 0 Å². The van der Waals surface area contributed by atoms with Gasteiger partial charge in [0.05, 0.1) is 19.7 Å². The van der Waals surface area contributed by atoms with E-state index in [1.165, 1.54) is 19.2 Å². The van der Waals surface area contributed by atoms with Gasteiger partial charge in [0.2, 0.25) is 5.91 Å². The highest BCUT2D eigenvalue weighted by molar-refractivity contribution is 5.96. The van der Waals surface area contributed by atoms with E-state index < -0.39 is 11.9 Å². The van der Waals surface area contributed by atoms with E-state index in [2.05, 4.69) is 10.6 Å². The van der Waals surface area contributed by atoms with Crippen LogP contribution in [0.4, 0.5) is 4.39 Å². The number of hydrogen-bond acceptors (Lipinski definition) is 3. The van der Waals surface area contributed by atoms with E-state index in [-0.39, 0.29) is 24.1 Å². The normalized spacial score (nSPS) is 11.5. The molecule has 0 saturated heterocycles. The Labute approximate surface area is 139 Å². The van der Waals surface area contributed by atoms with Crippen LogP contribution in [0.1, 0.15) is 28.9 Å². The van der Waals surface area contributed by atoms with Gasteiger partial charge in [-0.25, -0.2) is 4.39 Å². The number of nitrogens with one attached hydrogen (secondary N) is 2. The van der Waals surface area contributed by atoms with Crippen LogP contribution in [0.15, 0.2) is 48.5 Å². The van der Waals surface area contributed by atoms with Crippen LogP contribution in [0.25, 0.3) is 0 Å². The van der Waals surface area contributed by atoms with Crippen molar-refractivity contribution in [3.05, 3.63) is 65.5 Å². The molecule has 0 aliphatic carbocycles. The summed E-state index contributed by atoms with van der Waals surface area (Å²) < 4.78 is 18.6. The van der Waals surface area contributed by atoms with E-state index >= 15 is 0 Å². The second kappa shape index (κ2) is 8.10. The molecule has 0 radical (unpaired) electrons. The molecule has 0 aromatic heterocycles. The number of carbonyl (C=O) groups excluding carboxylic acids is 2. The summed E-state index contributed by atoms with van der Waals surface area (Å²) in [5.41, 5.74) is 1.09. The fraction of sp³-hybridized carbons (Fsp3) is 0.222. The molecule has 0 aliphatic heterocycles. The molecule has 2 aromatic rings. The number of hydrogen-bond donors (Lipinski definition) is 2. The topological polar surface area (TPSA) is 67.4 Å². The predicted molar refractivity (Wildman–Crippen MR) is 88.3 cm³/mol. The highest BCUT2D eigenvalue weighted by Crippen LogP contribution is 2.21. The second-order valence-electron chi connectivity index (χ2n) is 5.23. The molecule has 0 saturated carbocycles. The predicted octanol–water partition coefficient (Wildman–Crippen LogP) is 2.44. The SMILES string of the molecule is COc1ccc([C@@H](C)NC(=O)CNC(=O)c2ccccc2)cc1F. The largest absolute Gasteiger partial charge is 0.494 e. The number of benzene rings is 2. The lowest BCUT2D eigenvalue weighted by atomic mass is 10.1. The Kier molecular flexibility index (Phi) is 5.89. The van der Waals surface area contributed by atoms with Crippen LogP contribution >= 0.6 is 0 Å². The quantitative estimate of drug-likeness (QED) is 0.855. The average Bonchev–Trinajstić information content (AvgIpc) is 2.60. The average molecular weight is 330 g/mol. The van der Waals surface area contributed by atoms with Crippen LogP contribution in [-0.4, -0.2) is 25.5 Å². The van der Waals surface area contributed by atoms with E-state index in [1.807, 2.05) is 0 Å². The van der Waals surface area contributed by atoms with Gasteiger partial charge in [-0.1, -0.05) is 24.3 Å². The van der Waals surface area contributed by atoms with Gasteiger partial charge in [0.25, 0.3) is 5.91 Å². The first-order valence-electron chi connectivity index (χ1n) is 7.47. The first kappa shape index (κ1) is 17.5. The zero-order valence-electron chi connectivity index (χ0n) is 13.5. The number of amides is 2. The Morgan fingerprint density at radius 2 is 1.88 bits per heavy atom. The Morgan fingerprint density at radius 1 is 1.17 bits per heavy atom. The van der Waals surface area contributed by atoms with Crippen molar-refractivity contribution < 1.29 is 18.7 Å². The highest BCUT2D eigenvalue weighted by Gasteiger charge is 2.13. The van der Waals surface area contributed by atoms with Crippen molar-refractivity contribution in [3.63, 3.8) is 0 Å². The summed E-state index contributed by atoms with van der Waals surface area (Å²) in [7, 11) is 1.39. The maximum absolute atomic E-state index is 13.7. The fourth-order valence-corrected chi connectivity index (χ4v) is 2.18. The number of ether oxygens (including phenoxy) is 1. The molecule has 2 aromatic carbocycles. The smallest absolute Gasteiger partial charge is 0.251 e. The third kappa shape index (κ3) is 4.55. The van der Waals surface area contributed by atoms with E-state index in [4.69, 9.17) is 4.74 Å². The molecule has 0 fully saturated rings. The van der Waals surface area contributed by atoms with Crippen molar-refractivity contribution in [1.82, 2.24) is 10.6 Å². The van der Waals surface area contributed by atoms with Crippen LogP contribution in [0.3, 0.4) is 0 Å². The Bertz CT molecular complexity index is 719. The molecule has 126 valence electrons. The summed E-state index contributed by atoms with van der Waals surface area (Å²) in [5, 5.41) is 5.25. The third-order valence-electron chi connectivity index (χ3n) is 3.50. The molecule has 0 heterocycles. The second-order valence-corrected chi connectivity index (χ2v) is 5.23. The summed E-state index contributed by atoms with van der Waals surface area (Å²) in [6.07, 6.45) is 0. The lowest BCUT2D eigenvalue weighted by Gasteiger charge is -2.15. The molecule has 0 spiro atoms. The number of rotatable bonds is 6.